The van der Waals surface area contributed by atoms with Gasteiger partial charge in [0, 0.05) is 31.1 Å². The molecule has 2 atom stereocenters. The minimum atomic E-state index is -1.10. The van der Waals surface area contributed by atoms with E-state index in [9.17, 15) is 9.59 Å². The lowest BCUT2D eigenvalue weighted by molar-refractivity contribution is -0.131. The van der Waals surface area contributed by atoms with Crippen LogP contribution in [-0.4, -0.2) is 43.6 Å². The topological polar surface area (TPSA) is 79.0 Å². The van der Waals surface area contributed by atoms with Crippen LogP contribution in [0.3, 0.4) is 0 Å². The number of benzene rings is 2. The molecule has 140 valence electrons. The second-order valence-corrected chi connectivity index (χ2v) is 7.49. The first kappa shape index (κ1) is 18.3. The minimum Gasteiger partial charge on any atom is -0.369 e. The quantitative estimate of drug-likeness (QED) is 0.811. The van der Waals surface area contributed by atoms with Crippen LogP contribution in [0, 0.1) is 5.92 Å². The van der Waals surface area contributed by atoms with E-state index in [1.165, 1.54) is 4.90 Å². The molecule has 4 rings (SSSR count). The van der Waals surface area contributed by atoms with Gasteiger partial charge < -0.3 is 10.6 Å². The predicted octanol–water partition coefficient (Wildman–Crippen LogP) is 0.906. The number of carbonyl (C=O) groups is 2. The Bertz CT molecular complexity index is 962. The molecule has 2 N–H and O–H groups in total. The molecule has 6 nitrogen and oxygen atoms in total. The molecule has 7 heteroatoms. The van der Waals surface area contributed by atoms with Gasteiger partial charge in [0.25, 0.3) is 5.91 Å². The van der Waals surface area contributed by atoms with Crippen LogP contribution in [0.4, 0.5) is 5.69 Å². The molecule has 2 unspecified atom stereocenters. The van der Waals surface area contributed by atoms with Gasteiger partial charge in [-0.2, -0.15) is 0 Å². The van der Waals surface area contributed by atoms with Crippen LogP contribution in [0.2, 0.25) is 0 Å². The summed E-state index contributed by atoms with van der Waals surface area (Å²) in [7, 11) is 5.87. The summed E-state index contributed by atoms with van der Waals surface area (Å²) in [5.41, 5.74) is 7.15. The van der Waals surface area contributed by atoms with Crippen LogP contribution in [0.15, 0.2) is 59.6 Å². The molecule has 0 aromatic heterocycles. The molecule has 28 heavy (non-hydrogen) atoms. The lowest BCUT2D eigenvalue weighted by Gasteiger charge is -2.25. The summed E-state index contributed by atoms with van der Waals surface area (Å²) in [6.45, 7) is 2.66. The summed E-state index contributed by atoms with van der Waals surface area (Å²) in [5.74, 6) is 0.0345. The number of carbonyl (C=O) groups excluding carboxylic acids is 2. The van der Waals surface area contributed by atoms with Gasteiger partial charge in [0.05, 0.1) is 0 Å². The van der Waals surface area contributed by atoms with Crippen molar-refractivity contribution >= 4 is 36.8 Å². The highest BCUT2D eigenvalue weighted by Gasteiger charge is 2.46. The van der Waals surface area contributed by atoms with Crippen molar-refractivity contribution in [2.45, 2.75) is 18.9 Å². The largest absolute Gasteiger partial charge is 0.369 e. The first-order chi connectivity index (χ1) is 13.4. The van der Waals surface area contributed by atoms with Gasteiger partial charge in [0.1, 0.15) is 7.85 Å². The molecule has 1 fully saturated rings. The lowest BCUT2D eigenvalue weighted by atomic mass is 9.86. The molecule has 2 amide bonds. The average molecular weight is 372 g/mol. The van der Waals surface area contributed by atoms with Crippen molar-refractivity contribution in [1.29, 1.82) is 0 Å². The van der Waals surface area contributed by atoms with E-state index >= 15 is 0 Å². The number of hydrogen-bond donors (Lipinski definition) is 1. The van der Waals surface area contributed by atoms with Crippen LogP contribution in [0.1, 0.15) is 18.9 Å². The number of hydrogen-bond acceptors (Lipinski definition) is 4. The standard InChI is InChI=1S/C21H21BN4O2/c1-21(15-6-5-7-16(22)11-15)19(28)26(20(23)24-21)13-14-10-18(27)25(12-14)17-8-3-2-4-9-17/h2-9,11,14H,10,12-13H2,1H3,(H2,23,24). The highest BCUT2D eigenvalue weighted by atomic mass is 16.2. The Morgan fingerprint density at radius 1 is 1.18 bits per heavy atom. The van der Waals surface area contributed by atoms with Crippen molar-refractivity contribution in [3.05, 3.63) is 60.2 Å². The van der Waals surface area contributed by atoms with E-state index in [1.807, 2.05) is 36.4 Å². The Morgan fingerprint density at radius 2 is 1.93 bits per heavy atom. The Morgan fingerprint density at radius 3 is 2.64 bits per heavy atom. The van der Waals surface area contributed by atoms with Gasteiger partial charge in [-0.05, 0) is 24.6 Å². The number of para-hydroxylation sites is 1. The number of amides is 2. The van der Waals surface area contributed by atoms with Gasteiger partial charge in [-0.3, -0.25) is 14.5 Å². The third-order valence-corrected chi connectivity index (χ3v) is 5.44. The molecular weight excluding hydrogens is 351 g/mol. The van der Waals surface area contributed by atoms with Gasteiger partial charge in [0.15, 0.2) is 11.5 Å². The maximum atomic E-state index is 13.2. The van der Waals surface area contributed by atoms with Crippen LogP contribution >= 0.6 is 0 Å². The zero-order valence-corrected chi connectivity index (χ0v) is 15.7. The van der Waals surface area contributed by atoms with E-state index in [0.29, 0.717) is 30.5 Å². The fraction of sp³-hybridized carbons (Fsp3) is 0.286. The Labute approximate surface area is 165 Å². The van der Waals surface area contributed by atoms with E-state index in [-0.39, 0.29) is 23.7 Å². The third kappa shape index (κ3) is 3.07. The van der Waals surface area contributed by atoms with Crippen molar-refractivity contribution in [3.63, 3.8) is 0 Å². The van der Waals surface area contributed by atoms with Crippen molar-refractivity contribution in [1.82, 2.24) is 4.90 Å². The Balaban J connectivity index is 1.51. The lowest BCUT2D eigenvalue weighted by Crippen LogP contribution is -2.44. The number of aliphatic imine (C=N–C) groups is 1. The summed E-state index contributed by atoms with van der Waals surface area (Å²) in [6, 6.07) is 16.7. The molecule has 2 heterocycles. The Kier molecular flexibility index (Phi) is 4.45. The fourth-order valence-electron chi connectivity index (χ4n) is 3.93. The van der Waals surface area contributed by atoms with Crippen molar-refractivity contribution in [2.24, 2.45) is 16.6 Å². The number of nitrogens with two attached hydrogens (primary N) is 1. The monoisotopic (exact) mass is 372 g/mol. The summed E-state index contributed by atoms with van der Waals surface area (Å²) in [6.07, 6.45) is 0.376. The van der Waals surface area contributed by atoms with Crippen LogP contribution in [-0.2, 0) is 15.1 Å². The van der Waals surface area contributed by atoms with E-state index < -0.39 is 5.54 Å². The number of rotatable bonds is 4. The molecule has 2 radical (unpaired) electrons. The first-order valence-electron chi connectivity index (χ1n) is 9.27. The maximum Gasteiger partial charge on any atom is 0.261 e. The Hall–Kier alpha value is -3.09. The number of nitrogens with zero attached hydrogens (tertiary/aromatic N) is 3. The van der Waals surface area contributed by atoms with Gasteiger partial charge in [-0.25, -0.2) is 4.99 Å². The summed E-state index contributed by atoms with van der Waals surface area (Å²) < 4.78 is 0. The summed E-state index contributed by atoms with van der Waals surface area (Å²) in [4.78, 5) is 33.3. The van der Waals surface area contributed by atoms with Crippen molar-refractivity contribution in [2.75, 3.05) is 18.0 Å². The van der Waals surface area contributed by atoms with Crippen molar-refractivity contribution in [3.8, 4) is 0 Å². The van der Waals surface area contributed by atoms with Crippen LogP contribution < -0.4 is 16.1 Å². The van der Waals surface area contributed by atoms with Crippen LogP contribution in [0.25, 0.3) is 0 Å². The maximum absolute atomic E-state index is 13.2. The third-order valence-electron chi connectivity index (χ3n) is 5.44. The van der Waals surface area contributed by atoms with E-state index in [4.69, 9.17) is 13.6 Å². The molecule has 2 aliphatic heterocycles. The van der Waals surface area contributed by atoms with Gasteiger partial charge >= 0.3 is 0 Å². The van der Waals surface area contributed by atoms with Crippen LogP contribution in [0.5, 0.6) is 0 Å². The fourth-order valence-corrected chi connectivity index (χ4v) is 3.93. The molecule has 2 aromatic rings. The van der Waals surface area contributed by atoms with Gasteiger partial charge in [0.2, 0.25) is 5.91 Å². The SMILES string of the molecule is [B]c1cccc(C2(C)N=C(N)N(CC3CC(=O)N(c4ccccc4)C3)C2=O)c1. The summed E-state index contributed by atoms with van der Waals surface area (Å²) >= 11 is 0. The average Bonchev–Trinajstić information content (AvgIpc) is 3.15. The van der Waals surface area contributed by atoms with Crippen molar-refractivity contribution < 1.29 is 9.59 Å². The van der Waals surface area contributed by atoms with Gasteiger partial charge in [-0.15, -0.1) is 0 Å². The molecule has 0 bridgehead atoms. The zero-order valence-electron chi connectivity index (χ0n) is 15.7. The molecule has 0 spiro atoms. The molecule has 1 saturated heterocycles. The van der Waals surface area contributed by atoms with E-state index in [1.54, 1.807) is 30.0 Å². The molecular formula is C21H21BN4O2. The highest BCUT2D eigenvalue weighted by Crippen LogP contribution is 2.33. The highest BCUT2D eigenvalue weighted by molar-refractivity contribution is 6.32. The normalized spacial score (nSPS) is 24.8. The number of anilines is 1. The molecule has 0 aliphatic carbocycles. The molecule has 2 aromatic carbocycles. The summed E-state index contributed by atoms with van der Waals surface area (Å²) in [5, 5.41) is 0. The zero-order chi connectivity index (χ0) is 19.9. The van der Waals surface area contributed by atoms with E-state index in [2.05, 4.69) is 4.99 Å². The molecule has 0 saturated carbocycles. The minimum absolute atomic E-state index is 0.00593. The predicted molar refractivity (Wildman–Crippen MR) is 109 cm³/mol. The second kappa shape index (κ2) is 6.82. The smallest absolute Gasteiger partial charge is 0.261 e. The second-order valence-electron chi connectivity index (χ2n) is 7.49. The molecule has 2 aliphatic rings. The first-order valence-corrected chi connectivity index (χ1v) is 9.27. The number of guanidine groups is 1. The van der Waals surface area contributed by atoms with Gasteiger partial charge in [-0.1, -0.05) is 47.9 Å². The van der Waals surface area contributed by atoms with E-state index in [0.717, 1.165) is 5.69 Å².